The Morgan fingerprint density at radius 3 is 2.78 bits per heavy atom. The number of nitrogens with zero attached hydrogens (tertiary/aromatic N) is 4. The molecule has 3 atom stereocenters. The number of aliphatic imine (C=N–C) groups is 1. The third-order valence-corrected chi connectivity index (χ3v) is 6.39. The predicted octanol–water partition coefficient (Wildman–Crippen LogP) is 1.77. The zero-order chi connectivity index (χ0) is 19.0. The minimum atomic E-state index is -0.163. The summed E-state index contributed by atoms with van der Waals surface area (Å²) in [7, 11) is 1.94. The highest BCUT2D eigenvalue weighted by molar-refractivity contribution is 6.31. The number of carbonyl (C=O) groups is 1. The number of hydrogen-bond acceptors (Lipinski definition) is 5. The van der Waals surface area contributed by atoms with Crippen LogP contribution in [0, 0.1) is 5.92 Å². The number of allylic oxidation sites excluding steroid dienone is 3. The Bertz CT molecular complexity index is 720. The van der Waals surface area contributed by atoms with Gasteiger partial charge >= 0.3 is 0 Å². The molecule has 1 saturated heterocycles. The van der Waals surface area contributed by atoms with E-state index in [0.717, 1.165) is 62.1 Å². The van der Waals surface area contributed by atoms with Crippen molar-refractivity contribution in [2.45, 2.75) is 31.8 Å². The number of halogens is 1. The van der Waals surface area contributed by atoms with Gasteiger partial charge in [0.25, 0.3) is 0 Å². The van der Waals surface area contributed by atoms with Crippen molar-refractivity contribution in [2.24, 2.45) is 10.9 Å². The van der Waals surface area contributed by atoms with E-state index < -0.39 is 0 Å². The largest absolute Gasteiger partial charge is 0.346 e. The summed E-state index contributed by atoms with van der Waals surface area (Å²) in [4.78, 5) is 23.8. The van der Waals surface area contributed by atoms with Crippen LogP contribution in [-0.2, 0) is 4.79 Å². The van der Waals surface area contributed by atoms with E-state index in [0.29, 0.717) is 12.0 Å². The van der Waals surface area contributed by atoms with Gasteiger partial charge in [0.15, 0.2) is 0 Å². The lowest BCUT2D eigenvalue weighted by molar-refractivity contribution is -0.125. The van der Waals surface area contributed by atoms with E-state index in [1.54, 1.807) is 0 Å². The highest BCUT2D eigenvalue weighted by atomic mass is 35.5. The van der Waals surface area contributed by atoms with Gasteiger partial charge in [-0.05, 0) is 19.4 Å². The molecule has 1 aliphatic carbocycles. The topological polar surface area (TPSA) is 51.2 Å². The highest BCUT2D eigenvalue weighted by Crippen LogP contribution is 2.27. The minimum Gasteiger partial charge on any atom is -0.346 e. The molecule has 3 unspecified atom stereocenters. The molecule has 4 aliphatic rings. The fourth-order valence-electron chi connectivity index (χ4n) is 4.26. The summed E-state index contributed by atoms with van der Waals surface area (Å²) in [6.45, 7) is 7.20. The molecule has 0 bridgehead atoms. The van der Waals surface area contributed by atoms with Crippen LogP contribution in [0.2, 0.25) is 0 Å². The van der Waals surface area contributed by atoms with Crippen molar-refractivity contribution in [1.82, 2.24) is 20.0 Å². The summed E-state index contributed by atoms with van der Waals surface area (Å²) in [6.07, 6.45) is 10.3. The summed E-state index contributed by atoms with van der Waals surface area (Å²) < 4.78 is 0. The first kappa shape index (κ1) is 18.7. The molecule has 6 nitrogen and oxygen atoms in total. The summed E-state index contributed by atoms with van der Waals surface area (Å²) in [5.74, 6) is 1.34. The number of carbonyl (C=O) groups excluding carboxylic acids is 1. The van der Waals surface area contributed by atoms with E-state index in [1.165, 1.54) is 0 Å². The van der Waals surface area contributed by atoms with Gasteiger partial charge in [0.2, 0.25) is 5.91 Å². The maximum Gasteiger partial charge on any atom is 0.246 e. The Kier molecular flexibility index (Phi) is 5.39. The fourth-order valence-corrected chi connectivity index (χ4v) is 4.42. The van der Waals surface area contributed by atoms with E-state index in [1.807, 2.05) is 24.9 Å². The highest BCUT2D eigenvalue weighted by Gasteiger charge is 2.32. The van der Waals surface area contributed by atoms with Crippen molar-refractivity contribution in [3.63, 3.8) is 0 Å². The second-order valence-corrected chi connectivity index (χ2v) is 8.34. The maximum atomic E-state index is 12.1. The van der Waals surface area contributed by atoms with Crippen LogP contribution in [0.25, 0.3) is 0 Å². The second kappa shape index (κ2) is 7.78. The molecule has 27 heavy (non-hydrogen) atoms. The Balaban J connectivity index is 1.28. The van der Waals surface area contributed by atoms with Crippen LogP contribution < -0.4 is 5.32 Å². The van der Waals surface area contributed by atoms with Crippen LogP contribution in [0.15, 0.2) is 39.8 Å². The number of likely N-dealkylation sites (N-methyl/N-ethyl adjacent to an activating group) is 1. The zero-order valence-electron chi connectivity index (χ0n) is 16.1. The van der Waals surface area contributed by atoms with Gasteiger partial charge in [-0.3, -0.25) is 9.69 Å². The molecule has 1 fully saturated rings. The van der Waals surface area contributed by atoms with Gasteiger partial charge in [-0.25, -0.2) is 4.99 Å². The summed E-state index contributed by atoms with van der Waals surface area (Å²) in [5.41, 5.74) is 0.975. The van der Waals surface area contributed by atoms with Crippen LogP contribution in [0.1, 0.15) is 19.8 Å². The number of piperazine rings is 1. The molecule has 0 radical (unpaired) electrons. The van der Waals surface area contributed by atoms with E-state index in [-0.39, 0.29) is 11.9 Å². The number of rotatable bonds is 3. The van der Waals surface area contributed by atoms with Crippen molar-refractivity contribution in [3.05, 3.63) is 34.8 Å². The third kappa shape index (κ3) is 3.98. The van der Waals surface area contributed by atoms with Crippen molar-refractivity contribution < 1.29 is 4.79 Å². The average Bonchev–Trinajstić information content (AvgIpc) is 2.67. The first-order valence-electron chi connectivity index (χ1n) is 9.82. The monoisotopic (exact) mass is 389 g/mol. The number of amides is 1. The lowest BCUT2D eigenvalue weighted by Gasteiger charge is -2.40. The Morgan fingerprint density at radius 1 is 1.30 bits per heavy atom. The van der Waals surface area contributed by atoms with Crippen molar-refractivity contribution >= 4 is 23.7 Å². The van der Waals surface area contributed by atoms with Gasteiger partial charge in [0, 0.05) is 69.4 Å². The van der Waals surface area contributed by atoms with Gasteiger partial charge < -0.3 is 15.1 Å². The van der Waals surface area contributed by atoms with Crippen LogP contribution in [0.4, 0.5) is 0 Å². The van der Waals surface area contributed by atoms with E-state index in [2.05, 4.69) is 38.5 Å². The lowest BCUT2D eigenvalue weighted by atomic mass is 9.98. The molecule has 146 valence electrons. The smallest absolute Gasteiger partial charge is 0.246 e. The molecule has 4 rings (SSSR count). The third-order valence-electron chi connectivity index (χ3n) is 6.11. The van der Waals surface area contributed by atoms with Gasteiger partial charge in [-0.1, -0.05) is 23.8 Å². The Morgan fingerprint density at radius 2 is 2.07 bits per heavy atom. The number of hydrogen-bond donors (Lipinski definition) is 1. The molecule has 3 heterocycles. The first-order chi connectivity index (χ1) is 13.0. The molecular formula is C20H28ClN5O. The molecule has 0 saturated carbocycles. The van der Waals surface area contributed by atoms with Crippen molar-refractivity contribution in [1.29, 1.82) is 0 Å². The molecule has 0 aromatic carbocycles. The van der Waals surface area contributed by atoms with Crippen LogP contribution in [-0.4, -0.2) is 78.7 Å². The van der Waals surface area contributed by atoms with Crippen molar-refractivity contribution in [2.75, 3.05) is 39.8 Å². The standard InChI is InChI=1S/C20H28ClN5O/c1-14-20(27)23-18-11-15(12-22-19(18)24(14)2)13-25-7-9-26(10-8-25)17-5-3-16(21)4-6-17/h3-5,12,14-15,17H,6-11,13H2,1-2H3,(H,23,27). The predicted molar refractivity (Wildman–Crippen MR) is 108 cm³/mol. The molecule has 1 amide bonds. The van der Waals surface area contributed by atoms with Crippen molar-refractivity contribution in [3.8, 4) is 0 Å². The van der Waals surface area contributed by atoms with Gasteiger partial charge in [0.05, 0.1) is 5.70 Å². The number of nitrogens with one attached hydrogen (secondary N) is 1. The molecular weight excluding hydrogens is 362 g/mol. The fraction of sp³-hybridized carbons (Fsp3) is 0.600. The van der Waals surface area contributed by atoms with Crippen LogP contribution in [0.3, 0.4) is 0 Å². The summed E-state index contributed by atoms with van der Waals surface area (Å²) in [5, 5.41) is 3.91. The van der Waals surface area contributed by atoms with Crippen LogP contribution >= 0.6 is 11.6 Å². The van der Waals surface area contributed by atoms with Gasteiger partial charge in [0.1, 0.15) is 11.9 Å². The SMILES string of the molecule is CC1C(=O)NC2=C(N=CC(CN3CCN(C4C=CC(Cl)=CC4)CC3)C2)N1C. The lowest BCUT2D eigenvalue weighted by Crippen LogP contribution is -2.52. The summed E-state index contributed by atoms with van der Waals surface area (Å²) in [6, 6.07) is 0.317. The maximum absolute atomic E-state index is 12.1. The zero-order valence-corrected chi connectivity index (χ0v) is 16.8. The summed E-state index contributed by atoms with van der Waals surface area (Å²) >= 11 is 6.03. The molecule has 3 aliphatic heterocycles. The molecule has 0 aromatic heterocycles. The van der Waals surface area contributed by atoms with Crippen LogP contribution in [0.5, 0.6) is 0 Å². The van der Waals surface area contributed by atoms with Gasteiger partial charge in [-0.15, -0.1) is 0 Å². The Labute approximate surface area is 166 Å². The van der Waals surface area contributed by atoms with Gasteiger partial charge in [-0.2, -0.15) is 0 Å². The molecule has 0 aromatic rings. The first-order valence-corrected chi connectivity index (χ1v) is 10.2. The Hall–Kier alpha value is -1.63. The molecule has 0 spiro atoms. The normalized spacial score (nSPS) is 32.4. The quantitative estimate of drug-likeness (QED) is 0.799. The second-order valence-electron chi connectivity index (χ2n) is 7.91. The molecule has 7 heteroatoms. The average molecular weight is 390 g/mol. The minimum absolute atomic E-state index is 0.0652. The van der Waals surface area contributed by atoms with E-state index in [9.17, 15) is 4.79 Å². The molecule has 1 N–H and O–H groups in total. The van der Waals surface area contributed by atoms with E-state index >= 15 is 0 Å². The van der Waals surface area contributed by atoms with E-state index in [4.69, 9.17) is 11.6 Å².